The average Bonchev–Trinajstić information content (AvgIpc) is 3.36. The second-order valence-corrected chi connectivity index (χ2v) is 11.0. The van der Waals surface area contributed by atoms with E-state index in [1.54, 1.807) is 17.4 Å². The molecular weight excluding hydrogens is 492 g/mol. The van der Waals surface area contributed by atoms with Crippen molar-refractivity contribution >= 4 is 46.8 Å². The Labute approximate surface area is 211 Å². The number of rotatable bonds is 10. The number of hydrogen-bond donors (Lipinski definition) is 3. The SMILES string of the molecule is CC(C)NC(=O)COc1ccccc1C1CC1(NSc1ccc(-c2ccc(Cl)cc2)s1)C(=O)O. The van der Waals surface area contributed by atoms with Gasteiger partial charge in [-0.3, -0.25) is 9.59 Å². The van der Waals surface area contributed by atoms with Gasteiger partial charge in [0.15, 0.2) is 6.61 Å². The molecule has 2 aromatic carbocycles. The van der Waals surface area contributed by atoms with Gasteiger partial charge < -0.3 is 15.2 Å². The van der Waals surface area contributed by atoms with Gasteiger partial charge in [-0.05, 0) is 73.7 Å². The third kappa shape index (κ3) is 5.58. The van der Waals surface area contributed by atoms with Crippen molar-refractivity contribution in [3.8, 4) is 16.2 Å². The zero-order valence-corrected chi connectivity index (χ0v) is 21.1. The number of para-hydroxylation sites is 1. The molecule has 178 valence electrons. The predicted molar refractivity (Wildman–Crippen MR) is 137 cm³/mol. The molecule has 1 saturated carbocycles. The summed E-state index contributed by atoms with van der Waals surface area (Å²) < 4.78 is 9.91. The number of benzene rings is 2. The van der Waals surface area contributed by atoms with E-state index in [0.717, 1.165) is 20.2 Å². The smallest absolute Gasteiger partial charge is 0.325 e. The second kappa shape index (κ2) is 10.4. The van der Waals surface area contributed by atoms with E-state index < -0.39 is 11.5 Å². The number of aliphatic carboxylic acids is 1. The lowest BCUT2D eigenvalue weighted by molar-refractivity contribution is -0.140. The molecule has 3 N–H and O–H groups in total. The van der Waals surface area contributed by atoms with Crippen molar-refractivity contribution in [3.05, 3.63) is 71.2 Å². The highest BCUT2D eigenvalue weighted by Crippen LogP contribution is 2.55. The molecule has 0 spiro atoms. The fourth-order valence-corrected chi connectivity index (χ4v) is 5.89. The Kier molecular flexibility index (Phi) is 7.52. The van der Waals surface area contributed by atoms with E-state index in [1.165, 1.54) is 11.9 Å². The summed E-state index contributed by atoms with van der Waals surface area (Å²) in [4.78, 5) is 25.3. The van der Waals surface area contributed by atoms with Gasteiger partial charge in [0.05, 0.1) is 4.21 Å². The molecule has 0 bridgehead atoms. The van der Waals surface area contributed by atoms with Crippen LogP contribution in [0, 0.1) is 0 Å². The van der Waals surface area contributed by atoms with Gasteiger partial charge in [0.2, 0.25) is 0 Å². The van der Waals surface area contributed by atoms with Crippen molar-refractivity contribution < 1.29 is 19.4 Å². The largest absolute Gasteiger partial charge is 0.483 e. The van der Waals surface area contributed by atoms with Gasteiger partial charge in [0.25, 0.3) is 5.91 Å². The molecule has 34 heavy (non-hydrogen) atoms. The monoisotopic (exact) mass is 516 g/mol. The molecule has 1 aliphatic rings. The van der Waals surface area contributed by atoms with Crippen LogP contribution in [0.2, 0.25) is 5.02 Å². The van der Waals surface area contributed by atoms with Gasteiger partial charge in [-0.15, -0.1) is 11.3 Å². The van der Waals surface area contributed by atoms with Crippen molar-refractivity contribution in [1.29, 1.82) is 0 Å². The summed E-state index contributed by atoms with van der Waals surface area (Å²) in [5, 5.41) is 13.5. The lowest BCUT2D eigenvalue weighted by atomic mass is 10.1. The minimum absolute atomic E-state index is 0.0214. The molecule has 0 radical (unpaired) electrons. The zero-order valence-electron chi connectivity index (χ0n) is 18.7. The van der Waals surface area contributed by atoms with Crippen LogP contribution in [0.5, 0.6) is 5.75 Å². The Balaban J connectivity index is 1.44. The van der Waals surface area contributed by atoms with Crippen LogP contribution in [0.3, 0.4) is 0 Å². The molecule has 4 rings (SSSR count). The van der Waals surface area contributed by atoms with Crippen LogP contribution < -0.4 is 14.8 Å². The summed E-state index contributed by atoms with van der Waals surface area (Å²) in [5.74, 6) is -0.861. The van der Waals surface area contributed by atoms with E-state index in [9.17, 15) is 14.7 Å². The topological polar surface area (TPSA) is 87.7 Å². The standard InChI is InChI=1S/C25H25ClN2O4S2/c1-15(2)27-22(29)14-32-20-6-4-3-5-18(20)19-13-25(19,24(30)31)28-34-23-12-11-21(33-23)16-7-9-17(26)10-8-16/h3-12,15,19,28H,13-14H2,1-2H3,(H,27,29)(H,30,31). The highest BCUT2D eigenvalue weighted by atomic mass is 35.5. The minimum atomic E-state index is -1.10. The molecule has 9 heteroatoms. The Morgan fingerprint density at radius 3 is 2.62 bits per heavy atom. The fourth-order valence-electron chi connectivity index (χ4n) is 3.72. The van der Waals surface area contributed by atoms with Crippen LogP contribution in [0.15, 0.2) is 64.9 Å². The molecular formula is C25H25ClN2O4S2. The second-order valence-electron chi connectivity index (χ2n) is 8.41. The fraction of sp³-hybridized carbons (Fsp3) is 0.280. The molecule has 0 aliphatic heterocycles. The summed E-state index contributed by atoms with van der Waals surface area (Å²) in [6, 6.07) is 18.9. The van der Waals surface area contributed by atoms with E-state index in [0.29, 0.717) is 17.2 Å². The van der Waals surface area contributed by atoms with Crippen molar-refractivity contribution in [2.45, 2.75) is 42.0 Å². The number of carboxylic acid groups (broad SMARTS) is 1. The maximum atomic E-state index is 12.3. The summed E-state index contributed by atoms with van der Waals surface area (Å²) in [6.07, 6.45) is 0.434. The first-order valence-electron chi connectivity index (χ1n) is 10.8. The molecule has 1 fully saturated rings. The van der Waals surface area contributed by atoms with E-state index in [4.69, 9.17) is 16.3 Å². The van der Waals surface area contributed by atoms with Crippen molar-refractivity contribution in [1.82, 2.24) is 10.0 Å². The van der Waals surface area contributed by atoms with Gasteiger partial charge in [-0.25, -0.2) is 4.72 Å². The maximum absolute atomic E-state index is 12.3. The lowest BCUT2D eigenvalue weighted by Gasteiger charge is -2.16. The molecule has 0 saturated heterocycles. The van der Waals surface area contributed by atoms with Gasteiger partial charge in [0.1, 0.15) is 11.3 Å². The van der Waals surface area contributed by atoms with E-state index in [1.807, 2.05) is 68.4 Å². The minimum Gasteiger partial charge on any atom is -0.483 e. The number of nitrogens with one attached hydrogen (secondary N) is 2. The lowest BCUT2D eigenvalue weighted by Crippen LogP contribution is -2.36. The van der Waals surface area contributed by atoms with Gasteiger partial charge >= 0.3 is 5.97 Å². The van der Waals surface area contributed by atoms with Gasteiger partial charge in [-0.2, -0.15) is 0 Å². The van der Waals surface area contributed by atoms with Gasteiger partial charge in [-0.1, -0.05) is 41.9 Å². The Hall–Kier alpha value is -2.52. The number of carboxylic acids is 1. The quantitative estimate of drug-likeness (QED) is 0.305. The highest BCUT2D eigenvalue weighted by Gasteiger charge is 2.62. The number of thiophene rings is 1. The van der Waals surface area contributed by atoms with Crippen LogP contribution in [0.1, 0.15) is 31.7 Å². The number of amides is 1. The summed E-state index contributed by atoms with van der Waals surface area (Å²) in [7, 11) is 0. The first kappa shape index (κ1) is 24.6. The van der Waals surface area contributed by atoms with E-state index in [2.05, 4.69) is 10.0 Å². The summed E-state index contributed by atoms with van der Waals surface area (Å²) in [6.45, 7) is 3.64. The molecule has 1 aromatic heterocycles. The first-order chi connectivity index (χ1) is 16.3. The molecule has 2 unspecified atom stereocenters. The molecule has 6 nitrogen and oxygen atoms in total. The highest BCUT2D eigenvalue weighted by molar-refractivity contribution is 7.99. The summed E-state index contributed by atoms with van der Waals surface area (Å²) >= 11 is 8.88. The number of carbonyl (C=O) groups is 2. The average molecular weight is 517 g/mol. The number of carbonyl (C=O) groups excluding carboxylic acids is 1. The van der Waals surface area contributed by atoms with E-state index >= 15 is 0 Å². The molecule has 1 heterocycles. The normalized spacial score (nSPS) is 19.1. The number of halogens is 1. The molecule has 1 amide bonds. The van der Waals surface area contributed by atoms with Crippen molar-refractivity contribution in [2.24, 2.45) is 0 Å². The Morgan fingerprint density at radius 2 is 1.91 bits per heavy atom. The van der Waals surface area contributed by atoms with Crippen LogP contribution in [0.4, 0.5) is 0 Å². The molecule has 3 aromatic rings. The number of hydrogen-bond acceptors (Lipinski definition) is 6. The third-order valence-corrected chi connectivity index (χ3v) is 7.97. The van der Waals surface area contributed by atoms with Crippen LogP contribution in [-0.4, -0.2) is 35.2 Å². The third-order valence-electron chi connectivity index (χ3n) is 5.49. The summed E-state index contributed by atoms with van der Waals surface area (Å²) in [5.41, 5.74) is 0.740. The van der Waals surface area contributed by atoms with Gasteiger partial charge in [0, 0.05) is 21.9 Å². The van der Waals surface area contributed by atoms with Crippen LogP contribution in [-0.2, 0) is 9.59 Å². The van der Waals surface area contributed by atoms with Crippen molar-refractivity contribution in [2.75, 3.05) is 6.61 Å². The molecule has 1 aliphatic carbocycles. The Bertz CT molecular complexity index is 1180. The zero-order chi connectivity index (χ0) is 24.3. The maximum Gasteiger partial charge on any atom is 0.325 e. The number of ether oxygens (including phenoxy) is 1. The van der Waals surface area contributed by atoms with Crippen molar-refractivity contribution in [3.63, 3.8) is 0 Å². The van der Waals surface area contributed by atoms with Crippen LogP contribution in [0.25, 0.3) is 10.4 Å². The predicted octanol–water partition coefficient (Wildman–Crippen LogP) is 5.58. The van der Waals surface area contributed by atoms with E-state index in [-0.39, 0.29) is 24.5 Å². The first-order valence-corrected chi connectivity index (χ1v) is 12.8. The Morgan fingerprint density at radius 1 is 1.18 bits per heavy atom. The van der Waals surface area contributed by atoms with Crippen LogP contribution >= 0.6 is 34.9 Å². The molecule has 2 atom stereocenters.